The van der Waals surface area contributed by atoms with E-state index in [2.05, 4.69) is 5.32 Å². The number of nitro groups is 1. The lowest BCUT2D eigenvalue weighted by Gasteiger charge is -2.14. The number of nitrogens with zero attached hydrogens (tertiary/aromatic N) is 1. The van der Waals surface area contributed by atoms with Crippen LogP contribution in [0.1, 0.15) is 24.3 Å². The van der Waals surface area contributed by atoms with Crippen LogP contribution in [0.15, 0.2) is 41.0 Å². The molecule has 0 aliphatic heterocycles. The molecule has 0 bridgehead atoms. The highest BCUT2D eigenvalue weighted by Crippen LogP contribution is 2.28. The van der Waals surface area contributed by atoms with Crippen molar-refractivity contribution in [2.45, 2.75) is 19.9 Å². The predicted molar refractivity (Wildman–Crippen MR) is 68.6 cm³/mol. The number of benzene rings is 1. The van der Waals surface area contributed by atoms with Gasteiger partial charge in [0.2, 0.25) is 0 Å². The van der Waals surface area contributed by atoms with Crippen LogP contribution in [-0.2, 0) is 0 Å². The van der Waals surface area contributed by atoms with Crippen LogP contribution in [0.5, 0.6) is 0 Å². The van der Waals surface area contributed by atoms with Crippen molar-refractivity contribution in [1.82, 2.24) is 0 Å². The van der Waals surface area contributed by atoms with Gasteiger partial charge in [-0.05, 0) is 32.0 Å². The van der Waals surface area contributed by atoms with E-state index < -0.39 is 0 Å². The average molecular weight is 246 g/mol. The molecule has 94 valence electrons. The molecule has 1 aromatic carbocycles. The highest BCUT2D eigenvalue weighted by Gasteiger charge is 2.15. The number of hydrogen-bond donors (Lipinski definition) is 1. The van der Waals surface area contributed by atoms with E-state index in [0.717, 1.165) is 11.4 Å². The van der Waals surface area contributed by atoms with Crippen molar-refractivity contribution < 1.29 is 9.34 Å². The summed E-state index contributed by atoms with van der Waals surface area (Å²) in [7, 11) is 0. The van der Waals surface area contributed by atoms with Gasteiger partial charge in [-0.25, -0.2) is 0 Å². The lowest BCUT2D eigenvalue weighted by atomic mass is 10.1. The van der Waals surface area contributed by atoms with Crippen LogP contribution in [0.4, 0.5) is 11.4 Å². The third-order valence-electron chi connectivity index (χ3n) is 2.84. The van der Waals surface area contributed by atoms with Gasteiger partial charge in [-0.15, -0.1) is 0 Å². The van der Waals surface area contributed by atoms with Crippen molar-refractivity contribution in [3.63, 3.8) is 0 Å². The fourth-order valence-electron chi connectivity index (χ4n) is 1.82. The number of hydrogen-bond acceptors (Lipinski definition) is 4. The van der Waals surface area contributed by atoms with Gasteiger partial charge >= 0.3 is 0 Å². The average Bonchev–Trinajstić information content (AvgIpc) is 2.85. The summed E-state index contributed by atoms with van der Waals surface area (Å²) in [5.41, 5.74) is 1.49. The van der Waals surface area contributed by atoms with Crippen molar-refractivity contribution in [1.29, 1.82) is 0 Å². The molecule has 0 aliphatic carbocycles. The van der Waals surface area contributed by atoms with Crippen molar-refractivity contribution in [2.24, 2.45) is 0 Å². The number of rotatable bonds is 4. The Kier molecular flexibility index (Phi) is 3.32. The summed E-state index contributed by atoms with van der Waals surface area (Å²) in [6.45, 7) is 3.67. The Morgan fingerprint density at radius 3 is 2.72 bits per heavy atom. The Morgan fingerprint density at radius 2 is 2.11 bits per heavy atom. The number of anilines is 1. The lowest BCUT2D eigenvalue weighted by Crippen LogP contribution is -2.07. The molecule has 0 spiro atoms. The highest BCUT2D eigenvalue weighted by atomic mass is 16.6. The van der Waals surface area contributed by atoms with Crippen molar-refractivity contribution in [3.05, 3.63) is 58.0 Å². The maximum atomic E-state index is 10.8. The van der Waals surface area contributed by atoms with Crippen LogP contribution in [0.3, 0.4) is 0 Å². The van der Waals surface area contributed by atoms with Gasteiger partial charge in [-0.1, -0.05) is 6.07 Å². The minimum absolute atomic E-state index is 0.0410. The molecule has 1 aromatic heterocycles. The number of furan rings is 1. The Bertz CT molecular complexity index is 549. The molecule has 0 radical (unpaired) electrons. The number of nitrogens with one attached hydrogen (secondary N) is 1. The molecule has 0 amide bonds. The Balaban J connectivity index is 2.24. The Hall–Kier alpha value is -2.30. The standard InChI is InChI=1S/C13H14N2O3/c1-9-11(5-3-6-12(9)15(16)17)14-10(2)13-7-4-8-18-13/h3-8,10,14H,1-2H3. The fraction of sp³-hybridized carbons (Fsp3) is 0.231. The van der Waals surface area contributed by atoms with E-state index in [9.17, 15) is 10.1 Å². The predicted octanol–water partition coefficient (Wildman–Crippen LogP) is 3.67. The summed E-state index contributed by atoms with van der Waals surface area (Å²) < 4.78 is 5.29. The van der Waals surface area contributed by atoms with Gasteiger partial charge in [0.15, 0.2) is 0 Å². The zero-order valence-electron chi connectivity index (χ0n) is 10.2. The first kappa shape index (κ1) is 12.2. The van der Waals surface area contributed by atoms with Gasteiger partial charge in [0, 0.05) is 17.3 Å². The summed E-state index contributed by atoms with van der Waals surface area (Å²) in [6.07, 6.45) is 1.60. The van der Waals surface area contributed by atoms with Gasteiger partial charge < -0.3 is 9.73 Å². The normalized spacial score (nSPS) is 12.1. The van der Waals surface area contributed by atoms with Crippen LogP contribution in [0, 0.1) is 17.0 Å². The monoisotopic (exact) mass is 246 g/mol. The zero-order chi connectivity index (χ0) is 13.1. The van der Waals surface area contributed by atoms with Gasteiger partial charge in [0.1, 0.15) is 5.76 Å². The fourth-order valence-corrected chi connectivity index (χ4v) is 1.82. The molecule has 0 saturated carbocycles. The largest absolute Gasteiger partial charge is 0.467 e. The summed E-state index contributed by atoms with van der Waals surface area (Å²) in [4.78, 5) is 10.5. The van der Waals surface area contributed by atoms with E-state index in [1.54, 1.807) is 19.3 Å². The first-order valence-corrected chi connectivity index (χ1v) is 5.63. The van der Waals surface area contributed by atoms with Gasteiger partial charge in [0.05, 0.1) is 17.2 Å². The second kappa shape index (κ2) is 4.91. The molecule has 0 aliphatic rings. The van der Waals surface area contributed by atoms with Gasteiger partial charge in [-0.3, -0.25) is 10.1 Å². The summed E-state index contributed by atoms with van der Waals surface area (Å²) in [6, 6.07) is 8.63. The molecule has 1 atom stereocenters. The molecule has 1 heterocycles. The van der Waals surface area contributed by atoms with E-state index in [0.29, 0.717) is 5.56 Å². The van der Waals surface area contributed by atoms with Crippen LogP contribution >= 0.6 is 0 Å². The van der Waals surface area contributed by atoms with E-state index in [4.69, 9.17) is 4.42 Å². The second-order valence-electron chi connectivity index (χ2n) is 4.09. The molecule has 18 heavy (non-hydrogen) atoms. The second-order valence-corrected chi connectivity index (χ2v) is 4.09. The lowest BCUT2D eigenvalue weighted by molar-refractivity contribution is -0.385. The quantitative estimate of drug-likeness (QED) is 0.660. The third kappa shape index (κ3) is 2.34. The maximum absolute atomic E-state index is 10.8. The van der Waals surface area contributed by atoms with E-state index in [1.165, 1.54) is 6.07 Å². The van der Waals surface area contributed by atoms with Crippen LogP contribution < -0.4 is 5.32 Å². The molecule has 5 nitrogen and oxygen atoms in total. The maximum Gasteiger partial charge on any atom is 0.274 e. The van der Waals surface area contributed by atoms with Crippen LogP contribution in [0.25, 0.3) is 0 Å². The Morgan fingerprint density at radius 1 is 1.33 bits per heavy atom. The molecular formula is C13H14N2O3. The molecule has 0 saturated heterocycles. The molecule has 0 fully saturated rings. The van der Waals surface area contributed by atoms with Gasteiger partial charge in [0.25, 0.3) is 5.69 Å². The molecule has 1 unspecified atom stereocenters. The SMILES string of the molecule is Cc1c(NC(C)c2ccco2)cccc1[N+](=O)[O-]. The smallest absolute Gasteiger partial charge is 0.274 e. The highest BCUT2D eigenvalue weighted by molar-refractivity contribution is 5.60. The van der Waals surface area contributed by atoms with Crippen LogP contribution in [0.2, 0.25) is 0 Å². The van der Waals surface area contributed by atoms with Crippen molar-refractivity contribution >= 4 is 11.4 Å². The summed E-state index contributed by atoms with van der Waals surface area (Å²) in [5, 5.41) is 14.1. The Labute approximate surface area is 105 Å². The minimum Gasteiger partial charge on any atom is -0.467 e. The summed E-state index contributed by atoms with van der Waals surface area (Å²) >= 11 is 0. The molecule has 5 heteroatoms. The first-order valence-electron chi connectivity index (χ1n) is 5.63. The molecule has 1 N–H and O–H groups in total. The van der Waals surface area contributed by atoms with Crippen molar-refractivity contribution in [3.8, 4) is 0 Å². The third-order valence-corrected chi connectivity index (χ3v) is 2.84. The number of nitro benzene ring substituents is 1. The van der Waals surface area contributed by atoms with E-state index in [-0.39, 0.29) is 16.7 Å². The molecule has 2 rings (SSSR count). The van der Waals surface area contributed by atoms with Crippen molar-refractivity contribution in [2.75, 3.05) is 5.32 Å². The molecular weight excluding hydrogens is 232 g/mol. The topological polar surface area (TPSA) is 68.3 Å². The zero-order valence-corrected chi connectivity index (χ0v) is 10.2. The van der Waals surface area contributed by atoms with E-state index >= 15 is 0 Å². The first-order chi connectivity index (χ1) is 8.59. The van der Waals surface area contributed by atoms with Crippen LogP contribution in [-0.4, -0.2) is 4.92 Å². The minimum atomic E-state index is -0.377. The van der Waals surface area contributed by atoms with E-state index in [1.807, 2.05) is 25.1 Å². The van der Waals surface area contributed by atoms with Gasteiger partial charge in [-0.2, -0.15) is 0 Å². The molecule has 2 aromatic rings. The summed E-state index contributed by atoms with van der Waals surface area (Å²) in [5.74, 6) is 0.793.